The first kappa shape index (κ1) is 15.9. The van der Waals surface area contributed by atoms with Crippen LogP contribution in [0.5, 0.6) is 11.6 Å². The number of ether oxygens (including phenoxy) is 1. The van der Waals surface area contributed by atoms with Crippen LogP contribution in [-0.4, -0.2) is 16.5 Å². The summed E-state index contributed by atoms with van der Waals surface area (Å²) in [5.41, 5.74) is 0.798. The molecule has 0 saturated carbocycles. The number of benzene rings is 1. The van der Waals surface area contributed by atoms with Crippen molar-refractivity contribution in [3.05, 3.63) is 46.6 Å². The van der Waals surface area contributed by atoms with E-state index in [1.807, 2.05) is 0 Å². The number of rotatable bonds is 6. The number of nitrogens with one attached hydrogen (secondary N) is 1. The van der Waals surface area contributed by atoms with E-state index in [-0.39, 0.29) is 5.82 Å². The van der Waals surface area contributed by atoms with Crippen LogP contribution in [0.1, 0.15) is 19.5 Å². The molecule has 0 radical (unpaired) electrons. The molecule has 0 amide bonds. The van der Waals surface area contributed by atoms with Gasteiger partial charge in [-0.15, -0.1) is 0 Å². The van der Waals surface area contributed by atoms with Crippen LogP contribution in [0.4, 0.5) is 4.39 Å². The van der Waals surface area contributed by atoms with Gasteiger partial charge in [-0.3, -0.25) is 4.98 Å². The number of hydrogen-bond donors (Lipinski definition) is 1. The Morgan fingerprint density at radius 1 is 1.33 bits per heavy atom. The third-order valence-corrected chi connectivity index (χ3v) is 3.25. The first-order valence-electron chi connectivity index (χ1n) is 6.69. The largest absolute Gasteiger partial charge is 0.436 e. The molecular formula is C15H17BrFN3O. The summed E-state index contributed by atoms with van der Waals surface area (Å²) in [5.74, 6) is 1.13. The summed E-state index contributed by atoms with van der Waals surface area (Å²) in [6, 6.07) is 4.23. The van der Waals surface area contributed by atoms with Gasteiger partial charge in [0.05, 0.1) is 16.4 Å². The van der Waals surface area contributed by atoms with Crippen LogP contribution in [0.25, 0.3) is 0 Å². The van der Waals surface area contributed by atoms with Gasteiger partial charge in [0.15, 0.2) is 0 Å². The van der Waals surface area contributed by atoms with Gasteiger partial charge in [0.1, 0.15) is 11.6 Å². The Morgan fingerprint density at radius 3 is 2.86 bits per heavy atom. The molecule has 0 aliphatic carbocycles. The minimum Gasteiger partial charge on any atom is -0.436 e. The molecule has 1 aromatic heterocycles. The maximum atomic E-state index is 13.0. The van der Waals surface area contributed by atoms with Gasteiger partial charge in [-0.25, -0.2) is 9.37 Å². The highest BCUT2D eigenvalue weighted by Crippen LogP contribution is 2.29. The molecule has 2 aromatic rings. The number of hydrogen-bond acceptors (Lipinski definition) is 4. The van der Waals surface area contributed by atoms with Crippen LogP contribution in [0.3, 0.4) is 0 Å². The maximum absolute atomic E-state index is 13.0. The van der Waals surface area contributed by atoms with Gasteiger partial charge in [0, 0.05) is 12.7 Å². The molecule has 4 nitrogen and oxygen atoms in total. The van der Waals surface area contributed by atoms with E-state index in [9.17, 15) is 4.39 Å². The van der Waals surface area contributed by atoms with Gasteiger partial charge in [-0.05, 0) is 46.6 Å². The van der Waals surface area contributed by atoms with E-state index < -0.39 is 0 Å². The van der Waals surface area contributed by atoms with Crippen LogP contribution in [0.2, 0.25) is 0 Å². The Kier molecular flexibility index (Phi) is 5.64. The molecule has 0 bridgehead atoms. The molecule has 2 rings (SSSR count). The molecule has 21 heavy (non-hydrogen) atoms. The number of aromatic nitrogens is 2. The fraction of sp³-hybridized carbons (Fsp3) is 0.333. The lowest BCUT2D eigenvalue weighted by Gasteiger charge is -2.09. The number of halogens is 2. The lowest BCUT2D eigenvalue weighted by Crippen LogP contribution is -2.19. The van der Waals surface area contributed by atoms with Gasteiger partial charge < -0.3 is 10.1 Å². The minimum absolute atomic E-state index is 0.327. The lowest BCUT2D eigenvalue weighted by atomic mass is 10.2. The molecule has 0 saturated heterocycles. The molecule has 0 atom stereocenters. The number of nitrogens with zero attached hydrogens (tertiary/aromatic N) is 2. The molecule has 0 aliphatic rings. The van der Waals surface area contributed by atoms with Crippen LogP contribution in [-0.2, 0) is 6.54 Å². The van der Waals surface area contributed by atoms with E-state index in [0.717, 1.165) is 12.2 Å². The molecule has 0 aliphatic heterocycles. The highest BCUT2D eigenvalue weighted by atomic mass is 79.9. The summed E-state index contributed by atoms with van der Waals surface area (Å²) in [6.07, 6.45) is 3.22. The fourth-order valence-electron chi connectivity index (χ4n) is 1.68. The zero-order valence-corrected chi connectivity index (χ0v) is 13.5. The van der Waals surface area contributed by atoms with E-state index >= 15 is 0 Å². The van der Waals surface area contributed by atoms with Crippen LogP contribution in [0.15, 0.2) is 35.1 Å². The van der Waals surface area contributed by atoms with Crippen molar-refractivity contribution in [3.8, 4) is 11.6 Å². The molecule has 0 unspecified atom stereocenters. The van der Waals surface area contributed by atoms with Crippen LogP contribution >= 0.6 is 15.9 Å². The lowest BCUT2D eigenvalue weighted by molar-refractivity contribution is 0.451. The fourth-order valence-corrected chi connectivity index (χ4v) is 2.11. The van der Waals surface area contributed by atoms with Crippen molar-refractivity contribution in [2.24, 2.45) is 5.92 Å². The van der Waals surface area contributed by atoms with E-state index in [1.165, 1.54) is 18.3 Å². The van der Waals surface area contributed by atoms with Gasteiger partial charge in [0.2, 0.25) is 5.88 Å². The van der Waals surface area contributed by atoms with Crippen LogP contribution in [0, 0.1) is 11.7 Å². The quantitative estimate of drug-likeness (QED) is 0.854. The summed E-state index contributed by atoms with van der Waals surface area (Å²) in [7, 11) is 0. The van der Waals surface area contributed by atoms with Crippen molar-refractivity contribution < 1.29 is 9.13 Å². The molecule has 112 valence electrons. The minimum atomic E-state index is -0.327. The molecule has 0 fully saturated rings. The van der Waals surface area contributed by atoms with Gasteiger partial charge >= 0.3 is 0 Å². The van der Waals surface area contributed by atoms with E-state index in [1.54, 1.807) is 12.3 Å². The molecule has 0 spiro atoms. The Labute approximate surface area is 131 Å². The summed E-state index contributed by atoms with van der Waals surface area (Å²) in [6.45, 7) is 5.83. The van der Waals surface area contributed by atoms with Crippen LogP contribution < -0.4 is 10.1 Å². The van der Waals surface area contributed by atoms with Crippen molar-refractivity contribution in [3.63, 3.8) is 0 Å². The zero-order chi connectivity index (χ0) is 15.2. The van der Waals surface area contributed by atoms with E-state index in [2.05, 4.69) is 45.1 Å². The first-order chi connectivity index (χ1) is 10.0. The molecule has 6 heteroatoms. The van der Waals surface area contributed by atoms with Crippen molar-refractivity contribution in [2.45, 2.75) is 20.4 Å². The summed E-state index contributed by atoms with van der Waals surface area (Å²) in [5, 5.41) is 3.29. The third-order valence-electron chi connectivity index (χ3n) is 2.63. The summed E-state index contributed by atoms with van der Waals surface area (Å²) in [4.78, 5) is 8.48. The molecule has 1 N–H and O–H groups in total. The topological polar surface area (TPSA) is 47.0 Å². The zero-order valence-electron chi connectivity index (χ0n) is 11.9. The van der Waals surface area contributed by atoms with E-state index in [0.29, 0.717) is 28.6 Å². The second kappa shape index (κ2) is 7.47. The Morgan fingerprint density at radius 2 is 2.14 bits per heavy atom. The van der Waals surface area contributed by atoms with Gasteiger partial charge in [-0.1, -0.05) is 13.8 Å². The van der Waals surface area contributed by atoms with E-state index in [4.69, 9.17) is 4.74 Å². The summed E-state index contributed by atoms with van der Waals surface area (Å²) < 4.78 is 19.2. The predicted octanol–water partition coefficient (Wildman–Crippen LogP) is 3.92. The van der Waals surface area contributed by atoms with Gasteiger partial charge in [0.25, 0.3) is 0 Å². The predicted molar refractivity (Wildman–Crippen MR) is 82.8 cm³/mol. The highest BCUT2D eigenvalue weighted by molar-refractivity contribution is 9.10. The van der Waals surface area contributed by atoms with Crippen molar-refractivity contribution in [2.75, 3.05) is 6.54 Å². The Balaban J connectivity index is 2.03. The average Bonchev–Trinajstić information content (AvgIpc) is 2.42. The second-order valence-corrected chi connectivity index (χ2v) is 5.90. The average molecular weight is 354 g/mol. The van der Waals surface area contributed by atoms with Gasteiger partial charge in [-0.2, -0.15) is 0 Å². The Hall–Kier alpha value is -1.53. The van der Waals surface area contributed by atoms with Crippen molar-refractivity contribution in [1.82, 2.24) is 15.3 Å². The first-order valence-corrected chi connectivity index (χ1v) is 7.48. The smallest absolute Gasteiger partial charge is 0.238 e. The van der Waals surface area contributed by atoms with Crippen molar-refractivity contribution in [1.29, 1.82) is 0 Å². The molecule has 1 heterocycles. The third kappa shape index (κ3) is 5.06. The SMILES string of the molecule is CC(C)CNCc1cncc(Oc2ccc(F)cc2Br)n1. The Bertz CT molecular complexity index is 607. The highest BCUT2D eigenvalue weighted by Gasteiger charge is 2.06. The monoisotopic (exact) mass is 353 g/mol. The molecular weight excluding hydrogens is 337 g/mol. The molecule has 1 aromatic carbocycles. The maximum Gasteiger partial charge on any atom is 0.238 e. The van der Waals surface area contributed by atoms with Crippen molar-refractivity contribution >= 4 is 15.9 Å². The summed E-state index contributed by atoms with van der Waals surface area (Å²) >= 11 is 3.26. The standard InChI is InChI=1S/C15H17BrFN3O/c1-10(2)6-18-7-12-8-19-9-15(20-12)21-14-4-3-11(17)5-13(14)16/h3-5,8-10,18H,6-7H2,1-2H3. The normalized spacial score (nSPS) is 10.9. The second-order valence-electron chi connectivity index (χ2n) is 5.05.